The lowest BCUT2D eigenvalue weighted by Gasteiger charge is -2.07. The number of ether oxygens (including phenoxy) is 1. The lowest BCUT2D eigenvalue weighted by Crippen LogP contribution is -2.11. The second kappa shape index (κ2) is 8.27. The molecular formula is C24H17N5O3. The topological polar surface area (TPSA) is 103 Å². The largest absolute Gasteiger partial charge is 0.437 e. The van der Waals surface area contributed by atoms with Crippen molar-refractivity contribution < 1.29 is 13.9 Å². The highest BCUT2D eigenvalue weighted by Crippen LogP contribution is 2.26. The van der Waals surface area contributed by atoms with Gasteiger partial charge in [0.15, 0.2) is 5.58 Å². The highest BCUT2D eigenvalue weighted by Gasteiger charge is 2.11. The maximum atomic E-state index is 12.7. The van der Waals surface area contributed by atoms with E-state index in [0.717, 1.165) is 11.3 Å². The summed E-state index contributed by atoms with van der Waals surface area (Å²) in [5.41, 5.74) is 3.92. The van der Waals surface area contributed by atoms with Crippen LogP contribution in [0.2, 0.25) is 0 Å². The molecule has 0 bridgehead atoms. The molecule has 0 aliphatic rings. The van der Waals surface area contributed by atoms with E-state index in [4.69, 9.17) is 9.15 Å². The van der Waals surface area contributed by atoms with E-state index in [1.165, 1.54) is 6.20 Å². The van der Waals surface area contributed by atoms with Crippen LogP contribution >= 0.6 is 0 Å². The van der Waals surface area contributed by atoms with Crippen LogP contribution in [0.1, 0.15) is 16.1 Å². The molecule has 156 valence electrons. The Kier molecular flexibility index (Phi) is 5.01. The Morgan fingerprint density at radius 3 is 2.62 bits per heavy atom. The van der Waals surface area contributed by atoms with E-state index >= 15 is 0 Å². The number of pyridine rings is 1. The van der Waals surface area contributed by atoms with Crippen molar-refractivity contribution in [2.75, 3.05) is 5.32 Å². The standard InChI is InChI=1S/C24H17N5O3/c1-15-12-26-14-22(27-15)31-19-7-4-16(5-8-19)23(30)28-18-6-9-21-20(11-18)29-24(32-21)17-3-2-10-25-13-17/h2-14H,1H3,(H,28,30). The summed E-state index contributed by atoms with van der Waals surface area (Å²) in [7, 11) is 0. The fourth-order valence-electron chi connectivity index (χ4n) is 3.11. The fraction of sp³-hybridized carbons (Fsp3) is 0.0417. The zero-order valence-electron chi connectivity index (χ0n) is 17.0. The van der Waals surface area contributed by atoms with Crippen LogP contribution < -0.4 is 10.1 Å². The first kappa shape index (κ1) is 19.4. The van der Waals surface area contributed by atoms with Gasteiger partial charge >= 0.3 is 0 Å². The van der Waals surface area contributed by atoms with E-state index < -0.39 is 0 Å². The third-order valence-electron chi connectivity index (χ3n) is 4.63. The number of hydrogen-bond acceptors (Lipinski definition) is 7. The number of carbonyl (C=O) groups is 1. The molecule has 8 heteroatoms. The smallest absolute Gasteiger partial charge is 0.255 e. The molecule has 0 atom stereocenters. The quantitative estimate of drug-likeness (QED) is 0.423. The minimum atomic E-state index is -0.248. The number of benzene rings is 2. The predicted molar refractivity (Wildman–Crippen MR) is 118 cm³/mol. The highest BCUT2D eigenvalue weighted by molar-refractivity contribution is 6.05. The molecule has 5 rings (SSSR count). The van der Waals surface area contributed by atoms with Crippen LogP contribution in [0.5, 0.6) is 11.6 Å². The van der Waals surface area contributed by atoms with Crippen LogP contribution in [0.3, 0.4) is 0 Å². The van der Waals surface area contributed by atoms with Crippen molar-refractivity contribution in [2.45, 2.75) is 6.92 Å². The van der Waals surface area contributed by atoms with Crippen LogP contribution in [0.15, 0.2) is 83.8 Å². The van der Waals surface area contributed by atoms with E-state index in [0.29, 0.717) is 39.9 Å². The van der Waals surface area contributed by atoms with E-state index in [9.17, 15) is 4.79 Å². The SMILES string of the molecule is Cc1cncc(Oc2ccc(C(=O)Nc3ccc4oc(-c5cccnc5)nc4c3)cc2)n1. The van der Waals surface area contributed by atoms with Gasteiger partial charge in [-0.05, 0) is 61.5 Å². The Bertz CT molecular complexity index is 1400. The van der Waals surface area contributed by atoms with Crippen LogP contribution in [-0.4, -0.2) is 25.8 Å². The van der Waals surface area contributed by atoms with Crippen LogP contribution in [0.4, 0.5) is 5.69 Å². The van der Waals surface area contributed by atoms with Gasteiger partial charge in [-0.2, -0.15) is 0 Å². The van der Waals surface area contributed by atoms with E-state index in [1.54, 1.807) is 61.1 Å². The monoisotopic (exact) mass is 423 g/mol. The lowest BCUT2D eigenvalue weighted by atomic mass is 10.2. The first-order valence-electron chi connectivity index (χ1n) is 9.83. The van der Waals surface area contributed by atoms with Gasteiger partial charge in [0.25, 0.3) is 5.91 Å². The third-order valence-corrected chi connectivity index (χ3v) is 4.63. The van der Waals surface area contributed by atoms with Crippen LogP contribution in [0, 0.1) is 6.92 Å². The third kappa shape index (κ3) is 4.15. The van der Waals surface area contributed by atoms with E-state index in [-0.39, 0.29) is 5.91 Å². The summed E-state index contributed by atoms with van der Waals surface area (Å²) >= 11 is 0. The molecule has 3 heterocycles. The molecule has 0 unspecified atom stereocenters. The summed E-state index contributed by atoms with van der Waals surface area (Å²) in [6, 6.07) is 15.8. The molecular weight excluding hydrogens is 406 g/mol. The minimum Gasteiger partial charge on any atom is -0.437 e. The normalized spacial score (nSPS) is 10.8. The van der Waals surface area contributed by atoms with Gasteiger partial charge in [0, 0.05) is 29.8 Å². The zero-order chi connectivity index (χ0) is 21.9. The number of hydrogen-bond donors (Lipinski definition) is 1. The lowest BCUT2D eigenvalue weighted by molar-refractivity contribution is 0.102. The second-order valence-corrected chi connectivity index (χ2v) is 7.02. The molecule has 0 radical (unpaired) electrons. The van der Waals surface area contributed by atoms with Gasteiger partial charge in [0.2, 0.25) is 11.8 Å². The van der Waals surface area contributed by atoms with Gasteiger partial charge in [-0.25, -0.2) is 9.97 Å². The van der Waals surface area contributed by atoms with Gasteiger partial charge in [-0.1, -0.05) is 0 Å². The molecule has 0 spiro atoms. The molecule has 5 aromatic rings. The number of carbonyl (C=O) groups excluding carboxylic acids is 1. The van der Waals surface area contributed by atoms with Gasteiger partial charge in [-0.15, -0.1) is 0 Å². The Morgan fingerprint density at radius 1 is 0.969 bits per heavy atom. The maximum absolute atomic E-state index is 12.7. The van der Waals surface area contributed by atoms with Gasteiger partial charge in [0.1, 0.15) is 11.3 Å². The molecule has 32 heavy (non-hydrogen) atoms. The van der Waals surface area contributed by atoms with Crippen molar-refractivity contribution in [3.63, 3.8) is 0 Å². The van der Waals surface area contributed by atoms with Crippen molar-refractivity contribution in [1.29, 1.82) is 0 Å². The number of oxazole rings is 1. The molecule has 0 aliphatic carbocycles. The van der Waals surface area contributed by atoms with Gasteiger partial charge in [-0.3, -0.25) is 14.8 Å². The molecule has 0 saturated carbocycles. The number of fused-ring (bicyclic) bond motifs is 1. The Morgan fingerprint density at radius 2 is 1.84 bits per heavy atom. The molecule has 2 aromatic carbocycles. The number of nitrogens with zero attached hydrogens (tertiary/aromatic N) is 4. The average molecular weight is 423 g/mol. The number of nitrogens with one attached hydrogen (secondary N) is 1. The Hall–Kier alpha value is -4.59. The number of aryl methyl sites for hydroxylation is 1. The first-order chi connectivity index (χ1) is 15.6. The second-order valence-electron chi connectivity index (χ2n) is 7.02. The van der Waals surface area contributed by atoms with Crippen LogP contribution in [-0.2, 0) is 0 Å². The summed E-state index contributed by atoms with van der Waals surface area (Å²) in [6.45, 7) is 1.84. The molecule has 1 amide bonds. The molecule has 1 N–H and O–H groups in total. The zero-order valence-corrected chi connectivity index (χ0v) is 17.0. The van der Waals surface area contributed by atoms with E-state index in [2.05, 4.69) is 25.3 Å². The Labute approximate surface area is 183 Å². The molecule has 8 nitrogen and oxygen atoms in total. The Balaban J connectivity index is 1.30. The van der Waals surface area contributed by atoms with Crippen molar-refractivity contribution in [2.24, 2.45) is 0 Å². The van der Waals surface area contributed by atoms with Crippen molar-refractivity contribution in [1.82, 2.24) is 19.9 Å². The number of amides is 1. The summed E-state index contributed by atoms with van der Waals surface area (Å²) in [5.74, 6) is 1.19. The predicted octanol–water partition coefficient (Wildman–Crippen LogP) is 5.03. The maximum Gasteiger partial charge on any atom is 0.255 e. The van der Waals surface area contributed by atoms with Gasteiger partial charge < -0.3 is 14.5 Å². The fourth-order valence-corrected chi connectivity index (χ4v) is 3.11. The van der Waals surface area contributed by atoms with E-state index in [1.807, 2.05) is 19.1 Å². The number of aromatic nitrogens is 4. The molecule has 0 fully saturated rings. The summed E-state index contributed by atoms with van der Waals surface area (Å²) in [5, 5.41) is 2.88. The summed E-state index contributed by atoms with van der Waals surface area (Å²) in [4.78, 5) is 29.5. The van der Waals surface area contributed by atoms with Crippen molar-refractivity contribution >= 4 is 22.7 Å². The highest BCUT2D eigenvalue weighted by atomic mass is 16.5. The summed E-state index contributed by atoms with van der Waals surface area (Å²) < 4.78 is 11.5. The van der Waals surface area contributed by atoms with Crippen LogP contribution in [0.25, 0.3) is 22.6 Å². The average Bonchev–Trinajstić information content (AvgIpc) is 3.24. The number of anilines is 1. The van der Waals surface area contributed by atoms with Gasteiger partial charge in [0.05, 0.1) is 17.5 Å². The minimum absolute atomic E-state index is 0.248. The molecule has 0 saturated heterocycles. The number of rotatable bonds is 5. The van der Waals surface area contributed by atoms with Crippen molar-refractivity contribution in [3.8, 4) is 23.1 Å². The summed E-state index contributed by atoms with van der Waals surface area (Å²) in [6.07, 6.45) is 6.56. The molecule has 0 aliphatic heterocycles. The van der Waals surface area contributed by atoms with Crippen molar-refractivity contribution in [3.05, 3.63) is 90.6 Å². The first-order valence-corrected chi connectivity index (χ1v) is 9.83. The molecule has 3 aromatic heterocycles.